The summed E-state index contributed by atoms with van der Waals surface area (Å²) >= 11 is 6.13. The fourth-order valence-electron chi connectivity index (χ4n) is 2.43. The number of alkyl halides is 3. The molecule has 1 aromatic carbocycles. The molecule has 8 nitrogen and oxygen atoms in total. The number of nitro groups is 1. The minimum Gasteiger partial charge on any atom is -0.431 e. The van der Waals surface area contributed by atoms with Gasteiger partial charge in [0.1, 0.15) is 11.3 Å². The lowest BCUT2D eigenvalue weighted by atomic mass is 10.0. The van der Waals surface area contributed by atoms with E-state index in [0.717, 1.165) is 5.32 Å². The van der Waals surface area contributed by atoms with Gasteiger partial charge in [0.15, 0.2) is 0 Å². The van der Waals surface area contributed by atoms with E-state index in [2.05, 4.69) is 4.98 Å². The Morgan fingerprint density at radius 1 is 1.43 bits per heavy atom. The van der Waals surface area contributed by atoms with E-state index in [1.54, 1.807) is 6.92 Å². The summed E-state index contributed by atoms with van der Waals surface area (Å²) in [7, 11) is 0. The monoisotopic (exact) mass is 418 g/mol. The van der Waals surface area contributed by atoms with Crippen molar-refractivity contribution in [1.82, 2.24) is 10.3 Å². The molecule has 0 aliphatic rings. The summed E-state index contributed by atoms with van der Waals surface area (Å²) in [4.78, 5) is 26.7. The number of hydrogen-bond donors (Lipinski definition) is 2. The predicted molar refractivity (Wildman–Crippen MR) is 94.3 cm³/mol. The molecular weight excluding hydrogens is 405 g/mol. The molecule has 0 radical (unpaired) electrons. The second-order valence-electron chi connectivity index (χ2n) is 5.49. The Morgan fingerprint density at radius 2 is 2.11 bits per heavy atom. The first-order valence-corrected chi connectivity index (χ1v) is 8.20. The van der Waals surface area contributed by atoms with E-state index in [9.17, 15) is 28.1 Å². The number of rotatable bonds is 6. The van der Waals surface area contributed by atoms with Crippen LogP contribution in [0.1, 0.15) is 29.3 Å². The zero-order valence-corrected chi connectivity index (χ0v) is 15.1. The van der Waals surface area contributed by atoms with Crippen molar-refractivity contribution in [3.05, 3.63) is 50.7 Å². The second kappa shape index (κ2) is 8.30. The third-order valence-corrected chi connectivity index (χ3v) is 3.93. The number of amides is 1. The number of nitrogen functional groups attached to an aromatic ring is 1. The number of pyridine rings is 1. The highest BCUT2D eigenvalue weighted by atomic mass is 35.5. The van der Waals surface area contributed by atoms with Gasteiger partial charge in [-0.25, -0.2) is 4.98 Å². The van der Waals surface area contributed by atoms with Crippen LogP contribution in [0.5, 0.6) is 11.6 Å². The molecule has 1 heterocycles. The van der Waals surface area contributed by atoms with Crippen LogP contribution in [0.4, 0.5) is 24.5 Å². The summed E-state index contributed by atoms with van der Waals surface area (Å²) in [5, 5.41) is 11.9. The van der Waals surface area contributed by atoms with E-state index < -0.39 is 44.8 Å². The van der Waals surface area contributed by atoms with Crippen LogP contribution < -0.4 is 15.8 Å². The standard InChI is InChI=1S/C16H14ClF3N4O4/c1-2-5-8-11(17)10(15(25)23-16(18,19)20)14(13(12(8)21)24(26)27)28-9-6-3-4-7-22-9/h3-4,6-7H,2,5,21H2,1H3,(H,23,25). The zero-order chi connectivity index (χ0) is 21.1. The molecule has 0 spiro atoms. The first-order chi connectivity index (χ1) is 13.1. The SMILES string of the molecule is CCCc1c(N)c([N+](=O)[O-])c(Oc2ccccn2)c(C(=O)NC(F)(F)F)c1Cl. The summed E-state index contributed by atoms with van der Waals surface area (Å²) < 4.78 is 43.3. The van der Waals surface area contributed by atoms with Gasteiger partial charge >= 0.3 is 12.0 Å². The topological polar surface area (TPSA) is 120 Å². The molecule has 28 heavy (non-hydrogen) atoms. The van der Waals surface area contributed by atoms with E-state index in [1.165, 1.54) is 24.4 Å². The molecule has 1 amide bonds. The number of nitrogens with two attached hydrogens (primary N) is 1. The van der Waals surface area contributed by atoms with Gasteiger partial charge in [0.25, 0.3) is 5.91 Å². The maximum absolute atomic E-state index is 12.7. The van der Waals surface area contributed by atoms with Crippen LogP contribution in [-0.2, 0) is 6.42 Å². The summed E-state index contributed by atoms with van der Waals surface area (Å²) in [5.41, 5.74) is 3.71. The molecule has 150 valence electrons. The first-order valence-electron chi connectivity index (χ1n) is 7.83. The normalized spacial score (nSPS) is 11.2. The molecule has 0 saturated carbocycles. The molecular formula is C16H14ClF3N4O4. The Bertz CT molecular complexity index is 907. The third-order valence-electron chi connectivity index (χ3n) is 3.52. The van der Waals surface area contributed by atoms with Gasteiger partial charge in [-0.1, -0.05) is 31.0 Å². The summed E-state index contributed by atoms with van der Waals surface area (Å²) in [6, 6.07) is 4.28. The number of nitrogens with one attached hydrogen (secondary N) is 1. The van der Waals surface area contributed by atoms with Gasteiger partial charge in [-0.2, -0.15) is 13.2 Å². The van der Waals surface area contributed by atoms with Crippen molar-refractivity contribution in [2.75, 3.05) is 5.73 Å². The van der Waals surface area contributed by atoms with Gasteiger partial charge < -0.3 is 10.5 Å². The quantitative estimate of drug-likeness (QED) is 0.313. The van der Waals surface area contributed by atoms with Crippen LogP contribution in [0, 0.1) is 10.1 Å². The smallest absolute Gasteiger partial charge is 0.431 e. The number of anilines is 1. The minimum atomic E-state index is -5.09. The van der Waals surface area contributed by atoms with Crippen molar-refractivity contribution in [1.29, 1.82) is 0 Å². The van der Waals surface area contributed by atoms with Crippen LogP contribution in [0.15, 0.2) is 24.4 Å². The molecule has 0 atom stereocenters. The first kappa shape index (κ1) is 21.2. The Hall–Kier alpha value is -3.08. The fourth-order valence-corrected chi connectivity index (χ4v) is 2.80. The summed E-state index contributed by atoms with van der Waals surface area (Å²) in [5.74, 6) is -2.75. The molecule has 2 rings (SSSR count). The number of hydrogen-bond acceptors (Lipinski definition) is 6. The highest BCUT2D eigenvalue weighted by Crippen LogP contribution is 2.46. The largest absolute Gasteiger partial charge is 0.484 e. The highest BCUT2D eigenvalue weighted by Gasteiger charge is 2.38. The van der Waals surface area contributed by atoms with E-state index >= 15 is 0 Å². The lowest BCUT2D eigenvalue weighted by molar-refractivity contribution is -0.384. The number of ether oxygens (including phenoxy) is 1. The van der Waals surface area contributed by atoms with E-state index in [4.69, 9.17) is 22.1 Å². The number of nitro benzene ring substituents is 1. The van der Waals surface area contributed by atoms with Crippen molar-refractivity contribution < 1.29 is 27.6 Å². The lowest BCUT2D eigenvalue weighted by Gasteiger charge is -2.18. The molecule has 3 N–H and O–H groups in total. The average molecular weight is 419 g/mol. The maximum atomic E-state index is 12.7. The molecule has 1 aromatic heterocycles. The van der Waals surface area contributed by atoms with Crippen molar-refractivity contribution in [3.8, 4) is 11.6 Å². The van der Waals surface area contributed by atoms with Crippen LogP contribution in [-0.4, -0.2) is 22.1 Å². The summed E-state index contributed by atoms with van der Waals surface area (Å²) in [6.45, 7) is 1.70. The molecule has 12 heteroatoms. The van der Waals surface area contributed by atoms with Crippen LogP contribution in [0.3, 0.4) is 0 Å². The van der Waals surface area contributed by atoms with E-state index in [0.29, 0.717) is 6.42 Å². The van der Waals surface area contributed by atoms with Crippen LogP contribution in [0.2, 0.25) is 5.02 Å². The number of aromatic nitrogens is 1. The number of carbonyl (C=O) groups is 1. The molecule has 0 saturated heterocycles. The number of nitrogens with zero attached hydrogens (tertiary/aromatic N) is 2. The molecule has 0 unspecified atom stereocenters. The van der Waals surface area contributed by atoms with Crippen molar-refractivity contribution >= 4 is 28.9 Å². The predicted octanol–water partition coefficient (Wildman–Crippen LogP) is 4.22. The zero-order valence-electron chi connectivity index (χ0n) is 14.3. The van der Waals surface area contributed by atoms with Crippen LogP contribution in [0.25, 0.3) is 0 Å². The van der Waals surface area contributed by atoms with Gasteiger partial charge in [-0.3, -0.25) is 20.2 Å². The van der Waals surface area contributed by atoms with E-state index in [-0.39, 0.29) is 17.9 Å². The number of halogens is 4. The number of carbonyl (C=O) groups excluding carboxylic acids is 1. The lowest BCUT2D eigenvalue weighted by Crippen LogP contribution is -2.37. The van der Waals surface area contributed by atoms with Gasteiger partial charge in [0.2, 0.25) is 11.6 Å². The Kier molecular flexibility index (Phi) is 6.29. The van der Waals surface area contributed by atoms with Crippen molar-refractivity contribution in [2.45, 2.75) is 26.1 Å². The molecule has 0 fully saturated rings. The molecule has 0 aliphatic carbocycles. The Labute approximate surface area is 161 Å². The average Bonchev–Trinajstić information content (AvgIpc) is 2.57. The van der Waals surface area contributed by atoms with Crippen molar-refractivity contribution in [2.24, 2.45) is 0 Å². The van der Waals surface area contributed by atoms with Gasteiger partial charge in [-0.05, 0) is 12.5 Å². The Balaban J connectivity index is 2.80. The van der Waals surface area contributed by atoms with Gasteiger partial charge in [-0.15, -0.1) is 0 Å². The summed E-state index contributed by atoms with van der Waals surface area (Å²) in [6.07, 6.45) is -3.29. The highest BCUT2D eigenvalue weighted by molar-refractivity contribution is 6.36. The minimum absolute atomic E-state index is 0.0171. The van der Waals surface area contributed by atoms with Crippen molar-refractivity contribution in [3.63, 3.8) is 0 Å². The fraction of sp³-hybridized carbons (Fsp3) is 0.250. The Morgan fingerprint density at radius 3 is 2.61 bits per heavy atom. The third kappa shape index (κ3) is 4.60. The molecule has 2 aromatic rings. The van der Waals surface area contributed by atoms with E-state index in [1.807, 2.05) is 0 Å². The second-order valence-corrected chi connectivity index (χ2v) is 5.87. The molecule has 0 bridgehead atoms. The maximum Gasteiger partial charge on any atom is 0.484 e. The van der Waals surface area contributed by atoms with Gasteiger partial charge in [0, 0.05) is 17.8 Å². The van der Waals surface area contributed by atoms with Crippen LogP contribution >= 0.6 is 11.6 Å². The van der Waals surface area contributed by atoms with Gasteiger partial charge in [0.05, 0.1) is 9.95 Å². The number of benzene rings is 1. The molecule has 0 aliphatic heterocycles.